The van der Waals surface area contributed by atoms with Gasteiger partial charge in [0, 0.05) is 16.7 Å². The Morgan fingerprint density at radius 2 is 1.81 bits per heavy atom. The van der Waals surface area contributed by atoms with Crippen molar-refractivity contribution in [2.45, 2.75) is 76.6 Å². The monoisotopic (exact) mass is 504 g/mol. The number of esters is 3. The van der Waals surface area contributed by atoms with Gasteiger partial charge in [0.15, 0.2) is 5.78 Å². The minimum Gasteiger partial charge on any atom is -0.469 e. The van der Waals surface area contributed by atoms with Gasteiger partial charge in [-0.05, 0) is 56.1 Å². The molecule has 0 unspecified atom stereocenters. The lowest BCUT2D eigenvalue weighted by molar-refractivity contribution is -0.219. The van der Waals surface area contributed by atoms with E-state index in [1.165, 1.54) is 7.11 Å². The number of carbonyl (C=O) groups excluding carboxylic acids is 4. The Kier molecular flexibility index (Phi) is 6.94. The largest absolute Gasteiger partial charge is 0.469 e. The van der Waals surface area contributed by atoms with Crippen LogP contribution in [0.25, 0.3) is 0 Å². The van der Waals surface area contributed by atoms with Gasteiger partial charge < -0.3 is 24.4 Å². The number of hydrogen-bond acceptors (Lipinski definition) is 9. The van der Waals surface area contributed by atoms with E-state index in [1.807, 2.05) is 13.0 Å². The van der Waals surface area contributed by atoms with Crippen molar-refractivity contribution < 1.29 is 43.6 Å². The maximum Gasteiger partial charge on any atom is 0.350 e. The summed E-state index contributed by atoms with van der Waals surface area (Å²) in [5.41, 5.74) is -2.12. The van der Waals surface area contributed by atoms with Crippen LogP contribution in [0, 0.1) is 28.6 Å². The molecule has 9 nitrogen and oxygen atoms in total. The van der Waals surface area contributed by atoms with Gasteiger partial charge in [-0.3, -0.25) is 14.4 Å². The smallest absolute Gasteiger partial charge is 0.350 e. The molecule has 0 aliphatic heterocycles. The molecule has 4 aliphatic carbocycles. The van der Waals surface area contributed by atoms with E-state index in [4.69, 9.17) is 9.47 Å². The third-order valence-corrected chi connectivity index (χ3v) is 9.57. The molecular weight excluding hydrogens is 468 g/mol. The van der Waals surface area contributed by atoms with Crippen molar-refractivity contribution in [3.63, 3.8) is 0 Å². The first-order chi connectivity index (χ1) is 16.9. The number of ether oxygens (including phenoxy) is 3. The molecule has 0 radical (unpaired) electrons. The number of fused-ring (bicyclic) bond motifs is 5. The predicted octanol–water partition coefficient (Wildman–Crippen LogP) is 2.03. The molecule has 0 spiro atoms. The van der Waals surface area contributed by atoms with Crippen LogP contribution in [-0.4, -0.2) is 65.9 Å². The summed E-state index contributed by atoms with van der Waals surface area (Å²) in [6.07, 6.45) is 4.71. The first kappa shape index (κ1) is 26.5. The summed E-state index contributed by atoms with van der Waals surface area (Å²) < 4.78 is 14.9. The third kappa shape index (κ3) is 4.00. The average Bonchev–Trinajstić information content (AvgIpc) is 3.11. The van der Waals surface area contributed by atoms with E-state index in [-0.39, 0.29) is 49.2 Å². The van der Waals surface area contributed by atoms with Crippen LogP contribution >= 0.6 is 0 Å². The second-order valence-electron chi connectivity index (χ2n) is 11.1. The number of aliphatic hydroxyl groups excluding tert-OH is 1. The highest BCUT2D eigenvalue weighted by Crippen LogP contribution is 2.67. The normalized spacial score (nSPS) is 39.7. The highest BCUT2D eigenvalue weighted by atomic mass is 16.6. The highest BCUT2D eigenvalue weighted by molar-refractivity contribution is 6.01. The van der Waals surface area contributed by atoms with Crippen LogP contribution in [0.3, 0.4) is 0 Å². The van der Waals surface area contributed by atoms with E-state index >= 15 is 0 Å². The summed E-state index contributed by atoms with van der Waals surface area (Å²) in [6.45, 7) is 3.92. The Morgan fingerprint density at radius 3 is 2.47 bits per heavy atom. The number of allylic oxidation sites excluding steroid dienone is 4. The lowest BCUT2D eigenvalue weighted by Gasteiger charge is -2.60. The quantitative estimate of drug-likeness (QED) is 0.411. The van der Waals surface area contributed by atoms with Gasteiger partial charge in [-0.1, -0.05) is 25.5 Å². The lowest BCUT2D eigenvalue weighted by atomic mass is 9.46. The van der Waals surface area contributed by atoms with Crippen molar-refractivity contribution in [2.24, 2.45) is 28.6 Å². The molecule has 4 aliphatic rings. The molecule has 9 heteroatoms. The Labute approximate surface area is 210 Å². The van der Waals surface area contributed by atoms with Crippen molar-refractivity contribution in [2.75, 3.05) is 14.2 Å². The standard InChI is InChI=1S/C27H36O9/c1-25-11-9-16(28)13-15(25)5-6-17-18-10-12-27(33,26(18,2)14-19(29)22(17)25)23(24(32)35-4)36-21(31)8-7-20(30)34-3/h9,11,13,17-19,22-23,29,33H,5-8,10,12,14H2,1-4H3/t17-,18-,19-,22+,23-,25-,26-,27-/m0/s1. The van der Waals surface area contributed by atoms with E-state index < -0.39 is 46.5 Å². The topological polar surface area (TPSA) is 136 Å². The van der Waals surface area contributed by atoms with Crippen LogP contribution in [0.1, 0.15) is 58.8 Å². The van der Waals surface area contributed by atoms with Crippen molar-refractivity contribution >= 4 is 23.7 Å². The van der Waals surface area contributed by atoms with Gasteiger partial charge in [0.1, 0.15) is 5.60 Å². The minimum atomic E-state index is -1.76. The van der Waals surface area contributed by atoms with Crippen molar-refractivity contribution in [1.82, 2.24) is 0 Å². The first-order valence-electron chi connectivity index (χ1n) is 12.6. The van der Waals surface area contributed by atoms with Crippen molar-refractivity contribution in [1.29, 1.82) is 0 Å². The average molecular weight is 505 g/mol. The fourth-order valence-electron chi connectivity index (χ4n) is 7.74. The van der Waals surface area contributed by atoms with E-state index in [1.54, 1.807) is 12.2 Å². The van der Waals surface area contributed by atoms with E-state index in [0.29, 0.717) is 12.8 Å². The molecule has 4 rings (SSSR count). The predicted molar refractivity (Wildman–Crippen MR) is 126 cm³/mol. The Hall–Kier alpha value is -2.52. The molecule has 0 aromatic rings. The van der Waals surface area contributed by atoms with Crippen LogP contribution in [0.15, 0.2) is 23.8 Å². The third-order valence-electron chi connectivity index (χ3n) is 9.57. The van der Waals surface area contributed by atoms with Gasteiger partial charge in [0.2, 0.25) is 6.10 Å². The molecule has 3 fully saturated rings. The van der Waals surface area contributed by atoms with Crippen LogP contribution < -0.4 is 0 Å². The van der Waals surface area contributed by atoms with Crippen molar-refractivity contribution in [3.8, 4) is 0 Å². The molecule has 0 saturated heterocycles. The van der Waals surface area contributed by atoms with E-state index in [0.717, 1.165) is 19.1 Å². The van der Waals surface area contributed by atoms with Gasteiger partial charge in [-0.25, -0.2) is 4.79 Å². The Morgan fingerprint density at radius 1 is 1.11 bits per heavy atom. The SMILES string of the molecule is COC(=O)CCC(=O)O[C@@H](C(=O)OC)[C@@]1(O)CC[C@H]2[C@@H]3CCC4=CC(=O)C=C[C@]4(C)[C@H]3[C@@H](O)C[C@@]21C. The summed E-state index contributed by atoms with van der Waals surface area (Å²) in [5, 5.41) is 23.6. The lowest BCUT2D eigenvalue weighted by Crippen LogP contribution is -2.64. The highest BCUT2D eigenvalue weighted by Gasteiger charge is 2.70. The van der Waals surface area contributed by atoms with Gasteiger partial charge in [0.05, 0.1) is 33.2 Å². The molecule has 2 N–H and O–H groups in total. The van der Waals surface area contributed by atoms with Gasteiger partial charge in [-0.15, -0.1) is 0 Å². The number of ketones is 1. The number of carbonyl (C=O) groups is 4. The molecule has 0 aromatic heterocycles. The molecule has 0 aromatic carbocycles. The summed E-state index contributed by atoms with van der Waals surface area (Å²) >= 11 is 0. The number of methoxy groups -OCH3 is 2. The minimum absolute atomic E-state index is 0.0405. The molecule has 36 heavy (non-hydrogen) atoms. The van der Waals surface area contributed by atoms with E-state index in [9.17, 15) is 29.4 Å². The fourth-order valence-corrected chi connectivity index (χ4v) is 7.74. The fraction of sp³-hybridized carbons (Fsp3) is 0.704. The molecular formula is C27H36O9. The van der Waals surface area contributed by atoms with Gasteiger partial charge >= 0.3 is 17.9 Å². The van der Waals surface area contributed by atoms with Crippen LogP contribution in [-0.2, 0) is 33.4 Å². The van der Waals surface area contributed by atoms with Crippen LogP contribution in [0.5, 0.6) is 0 Å². The second kappa shape index (κ2) is 9.41. The molecule has 0 bridgehead atoms. The zero-order valence-electron chi connectivity index (χ0n) is 21.3. The molecule has 198 valence electrons. The Bertz CT molecular complexity index is 1010. The number of hydrogen-bond donors (Lipinski definition) is 2. The van der Waals surface area contributed by atoms with Gasteiger partial charge in [-0.2, -0.15) is 0 Å². The molecule has 8 atom stereocenters. The zero-order chi connectivity index (χ0) is 26.5. The number of aliphatic hydroxyl groups is 2. The summed E-state index contributed by atoms with van der Waals surface area (Å²) in [6, 6.07) is 0. The second-order valence-corrected chi connectivity index (χ2v) is 11.1. The summed E-state index contributed by atoms with van der Waals surface area (Å²) in [5.74, 6) is -2.46. The zero-order valence-corrected chi connectivity index (χ0v) is 21.3. The molecule has 3 saturated carbocycles. The summed E-state index contributed by atoms with van der Waals surface area (Å²) in [4.78, 5) is 48.8. The van der Waals surface area contributed by atoms with Gasteiger partial charge in [0.25, 0.3) is 0 Å². The Balaban J connectivity index is 1.63. The number of rotatable bonds is 6. The maximum atomic E-state index is 12.8. The maximum absolute atomic E-state index is 12.8. The van der Waals surface area contributed by atoms with Crippen molar-refractivity contribution in [3.05, 3.63) is 23.8 Å². The first-order valence-corrected chi connectivity index (χ1v) is 12.6. The summed E-state index contributed by atoms with van der Waals surface area (Å²) in [7, 11) is 2.37. The van der Waals surface area contributed by atoms with Crippen LogP contribution in [0.2, 0.25) is 0 Å². The van der Waals surface area contributed by atoms with E-state index in [2.05, 4.69) is 11.7 Å². The molecule has 0 heterocycles. The molecule has 0 amide bonds. The van der Waals surface area contributed by atoms with Crippen LogP contribution in [0.4, 0.5) is 0 Å².